The van der Waals surface area contributed by atoms with Gasteiger partial charge in [0.25, 0.3) is 5.91 Å². The number of hydrogen-bond acceptors (Lipinski definition) is 4. The third-order valence-corrected chi connectivity index (χ3v) is 3.32. The maximum Gasteiger partial charge on any atom is 0.274 e. The van der Waals surface area contributed by atoms with Crippen LogP contribution >= 0.6 is 0 Å². The molecule has 7 heteroatoms. The highest BCUT2D eigenvalue weighted by Crippen LogP contribution is 2.12. The smallest absolute Gasteiger partial charge is 0.274 e. The van der Waals surface area contributed by atoms with Gasteiger partial charge in [0.2, 0.25) is 5.91 Å². The second-order valence-corrected chi connectivity index (χ2v) is 4.58. The Bertz CT molecular complexity index is 470. The molecule has 1 aliphatic heterocycles. The second kappa shape index (κ2) is 5.73. The van der Waals surface area contributed by atoms with Gasteiger partial charge >= 0.3 is 0 Å². The molecule has 104 valence electrons. The molecule has 1 aromatic heterocycles. The first-order valence-corrected chi connectivity index (χ1v) is 6.49. The molecule has 0 unspecified atom stereocenters. The number of carbonyl (C=O) groups is 2. The Balaban J connectivity index is 2.01. The van der Waals surface area contributed by atoms with Crippen LogP contribution in [0.25, 0.3) is 0 Å². The summed E-state index contributed by atoms with van der Waals surface area (Å²) in [6.07, 6.45) is 2.71. The van der Waals surface area contributed by atoms with Crippen molar-refractivity contribution in [2.75, 3.05) is 31.9 Å². The second-order valence-electron chi connectivity index (χ2n) is 4.58. The lowest BCUT2D eigenvalue weighted by molar-refractivity contribution is -0.130. The monoisotopic (exact) mass is 265 g/mol. The van der Waals surface area contributed by atoms with Crippen LogP contribution < -0.4 is 5.73 Å². The zero-order valence-corrected chi connectivity index (χ0v) is 11.1. The maximum absolute atomic E-state index is 12.3. The molecule has 3 N–H and O–H groups in total. The van der Waals surface area contributed by atoms with Crippen molar-refractivity contribution < 1.29 is 9.59 Å². The normalized spacial score (nSPS) is 16.3. The van der Waals surface area contributed by atoms with E-state index in [-0.39, 0.29) is 11.8 Å². The molecule has 2 heterocycles. The Hall–Kier alpha value is -2.05. The van der Waals surface area contributed by atoms with Gasteiger partial charge in [-0.15, -0.1) is 0 Å². The van der Waals surface area contributed by atoms with Gasteiger partial charge in [-0.3, -0.25) is 14.7 Å². The molecule has 0 aliphatic carbocycles. The number of anilines is 1. The number of nitrogens with two attached hydrogens (primary N) is 1. The van der Waals surface area contributed by atoms with Crippen LogP contribution in [0.1, 0.15) is 30.3 Å². The van der Waals surface area contributed by atoms with Crippen molar-refractivity contribution in [3.63, 3.8) is 0 Å². The number of nitrogen functional groups attached to an aromatic ring is 1. The quantitative estimate of drug-likeness (QED) is 0.791. The van der Waals surface area contributed by atoms with Gasteiger partial charge in [-0.25, -0.2) is 0 Å². The molecule has 0 atom stereocenters. The van der Waals surface area contributed by atoms with Gasteiger partial charge < -0.3 is 15.5 Å². The van der Waals surface area contributed by atoms with Crippen LogP contribution in [0.4, 0.5) is 5.69 Å². The number of hydrogen-bond donors (Lipinski definition) is 2. The van der Waals surface area contributed by atoms with Crippen molar-refractivity contribution in [2.24, 2.45) is 0 Å². The van der Waals surface area contributed by atoms with Crippen molar-refractivity contribution in [2.45, 2.75) is 19.8 Å². The summed E-state index contributed by atoms with van der Waals surface area (Å²) in [6.45, 7) is 4.29. The Morgan fingerprint density at radius 1 is 1.32 bits per heavy atom. The molecule has 0 bridgehead atoms. The number of aromatic amines is 1. The third-order valence-electron chi connectivity index (χ3n) is 3.32. The largest absolute Gasteiger partial charge is 0.396 e. The summed E-state index contributed by atoms with van der Waals surface area (Å²) in [5.74, 6) is -0.0175. The molecule has 0 aromatic carbocycles. The van der Waals surface area contributed by atoms with Crippen LogP contribution in [0.3, 0.4) is 0 Å². The Kier molecular flexibility index (Phi) is 4.03. The van der Waals surface area contributed by atoms with Gasteiger partial charge in [-0.2, -0.15) is 5.10 Å². The lowest BCUT2D eigenvalue weighted by atomic mass is 10.3. The van der Waals surface area contributed by atoms with Crippen molar-refractivity contribution in [3.8, 4) is 0 Å². The molecule has 1 aliphatic rings. The Labute approximate surface area is 111 Å². The SMILES string of the molecule is CCC(=O)N1CCCN(C(=O)c2[nH]ncc2N)CC1. The minimum atomic E-state index is -0.152. The van der Waals surface area contributed by atoms with Crippen LogP contribution in [-0.4, -0.2) is 58.0 Å². The molecule has 0 saturated carbocycles. The predicted molar refractivity (Wildman–Crippen MR) is 70.4 cm³/mol. The number of nitrogens with zero attached hydrogens (tertiary/aromatic N) is 3. The topological polar surface area (TPSA) is 95.3 Å². The van der Waals surface area contributed by atoms with E-state index in [9.17, 15) is 9.59 Å². The average Bonchev–Trinajstić information content (AvgIpc) is 2.70. The predicted octanol–water partition coefficient (Wildman–Crippen LogP) is 0.0764. The molecule has 0 radical (unpaired) electrons. The number of aromatic nitrogens is 2. The van der Waals surface area contributed by atoms with Gasteiger partial charge in [0.15, 0.2) is 0 Å². The van der Waals surface area contributed by atoms with Crippen LogP contribution in [-0.2, 0) is 4.79 Å². The number of carbonyl (C=O) groups excluding carboxylic acids is 2. The highest BCUT2D eigenvalue weighted by atomic mass is 16.2. The molecular weight excluding hydrogens is 246 g/mol. The van der Waals surface area contributed by atoms with Crippen molar-refractivity contribution in [1.29, 1.82) is 0 Å². The van der Waals surface area contributed by atoms with E-state index in [1.165, 1.54) is 6.20 Å². The van der Waals surface area contributed by atoms with E-state index in [1.807, 2.05) is 11.8 Å². The van der Waals surface area contributed by atoms with E-state index in [0.717, 1.165) is 6.42 Å². The summed E-state index contributed by atoms with van der Waals surface area (Å²) in [4.78, 5) is 27.4. The minimum absolute atomic E-state index is 0.135. The third kappa shape index (κ3) is 2.86. The number of amides is 2. The van der Waals surface area contributed by atoms with Crippen LogP contribution in [0.5, 0.6) is 0 Å². The zero-order chi connectivity index (χ0) is 13.8. The summed E-state index contributed by atoms with van der Waals surface area (Å²) in [7, 11) is 0. The summed E-state index contributed by atoms with van der Waals surface area (Å²) >= 11 is 0. The maximum atomic E-state index is 12.3. The molecular formula is C12H19N5O2. The van der Waals surface area contributed by atoms with Crippen molar-refractivity contribution in [3.05, 3.63) is 11.9 Å². The molecule has 1 saturated heterocycles. The summed E-state index contributed by atoms with van der Waals surface area (Å²) in [5, 5.41) is 6.38. The van der Waals surface area contributed by atoms with E-state index >= 15 is 0 Å². The van der Waals surface area contributed by atoms with E-state index in [0.29, 0.717) is 44.0 Å². The molecule has 1 fully saturated rings. The molecule has 2 amide bonds. The minimum Gasteiger partial charge on any atom is -0.396 e. The lowest BCUT2D eigenvalue weighted by Gasteiger charge is -2.21. The molecule has 19 heavy (non-hydrogen) atoms. The van der Waals surface area contributed by atoms with Gasteiger partial charge in [0.05, 0.1) is 11.9 Å². The fourth-order valence-electron chi connectivity index (χ4n) is 2.22. The fraction of sp³-hybridized carbons (Fsp3) is 0.583. The number of nitrogens with one attached hydrogen (secondary N) is 1. The standard InChI is InChI=1S/C12H19N5O2/c1-2-10(18)16-4-3-5-17(7-6-16)12(19)11-9(13)8-14-15-11/h8H,2-7,13H2,1H3,(H,14,15). The zero-order valence-electron chi connectivity index (χ0n) is 11.1. The van der Waals surface area contributed by atoms with E-state index < -0.39 is 0 Å². The van der Waals surface area contributed by atoms with E-state index in [1.54, 1.807) is 4.90 Å². The first-order chi connectivity index (χ1) is 9.13. The Morgan fingerprint density at radius 2 is 2.00 bits per heavy atom. The number of rotatable bonds is 2. The average molecular weight is 265 g/mol. The number of H-pyrrole nitrogens is 1. The molecule has 0 spiro atoms. The summed E-state index contributed by atoms with van der Waals surface area (Å²) in [5.41, 5.74) is 6.36. The highest BCUT2D eigenvalue weighted by molar-refractivity contribution is 5.97. The summed E-state index contributed by atoms with van der Waals surface area (Å²) < 4.78 is 0. The van der Waals surface area contributed by atoms with Crippen LogP contribution in [0, 0.1) is 0 Å². The summed E-state index contributed by atoms with van der Waals surface area (Å²) in [6, 6.07) is 0. The van der Waals surface area contributed by atoms with Crippen molar-refractivity contribution in [1.82, 2.24) is 20.0 Å². The molecule has 7 nitrogen and oxygen atoms in total. The van der Waals surface area contributed by atoms with Gasteiger partial charge in [-0.1, -0.05) is 6.92 Å². The van der Waals surface area contributed by atoms with Crippen LogP contribution in [0.2, 0.25) is 0 Å². The van der Waals surface area contributed by atoms with Crippen molar-refractivity contribution >= 4 is 17.5 Å². The highest BCUT2D eigenvalue weighted by Gasteiger charge is 2.24. The van der Waals surface area contributed by atoms with Gasteiger partial charge in [-0.05, 0) is 6.42 Å². The first-order valence-electron chi connectivity index (χ1n) is 6.49. The van der Waals surface area contributed by atoms with Gasteiger partial charge in [0, 0.05) is 32.6 Å². The van der Waals surface area contributed by atoms with E-state index in [2.05, 4.69) is 10.2 Å². The van der Waals surface area contributed by atoms with E-state index in [4.69, 9.17) is 5.73 Å². The first kappa shape index (κ1) is 13.4. The van der Waals surface area contributed by atoms with Crippen LogP contribution in [0.15, 0.2) is 6.20 Å². The Morgan fingerprint density at radius 3 is 2.63 bits per heavy atom. The molecule has 2 rings (SSSR count). The van der Waals surface area contributed by atoms with Gasteiger partial charge in [0.1, 0.15) is 5.69 Å². The lowest BCUT2D eigenvalue weighted by Crippen LogP contribution is -2.37. The fourth-order valence-corrected chi connectivity index (χ4v) is 2.22. The molecule has 1 aromatic rings.